The SMILES string of the molecule is COC(=O)C[C@@H]1COc2cc(OCc3cccc(-c4c(C)cc(OC5CCCC5)cc4C)c3)ccc21. The van der Waals surface area contributed by atoms with Gasteiger partial charge >= 0.3 is 5.97 Å². The number of ether oxygens (including phenoxy) is 4. The molecule has 2 aliphatic rings. The Morgan fingerprint density at radius 1 is 0.972 bits per heavy atom. The average Bonchev–Trinajstić information content (AvgIpc) is 3.52. The van der Waals surface area contributed by atoms with E-state index in [9.17, 15) is 4.79 Å². The zero-order chi connectivity index (χ0) is 25.1. The van der Waals surface area contributed by atoms with E-state index >= 15 is 0 Å². The summed E-state index contributed by atoms with van der Waals surface area (Å²) in [6.45, 7) is 5.26. The Morgan fingerprint density at radius 2 is 1.75 bits per heavy atom. The fourth-order valence-corrected chi connectivity index (χ4v) is 5.43. The first-order valence-electron chi connectivity index (χ1n) is 12.8. The number of aryl methyl sites for hydroxylation is 2. The van der Waals surface area contributed by atoms with Gasteiger partial charge in [-0.15, -0.1) is 0 Å². The van der Waals surface area contributed by atoms with E-state index in [2.05, 4.69) is 50.2 Å². The molecule has 0 spiro atoms. The lowest BCUT2D eigenvalue weighted by Crippen LogP contribution is -2.11. The minimum atomic E-state index is -0.224. The van der Waals surface area contributed by atoms with Gasteiger partial charge in [0.15, 0.2) is 0 Å². The lowest BCUT2D eigenvalue weighted by molar-refractivity contribution is -0.141. The molecule has 5 heteroatoms. The molecule has 0 N–H and O–H groups in total. The normalized spacial score (nSPS) is 16.9. The van der Waals surface area contributed by atoms with Crippen LogP contribution in [0.5, 0.6) is 17.2 Å². The van der Waals surface area contributed by atoms with Gasteiger partial charge in [0.1, 0.15) is 23.9 Å². The van der Waals surface area contributed by atoms with E-state index in [1.807, 2.05) is 18.2 Å². The molecule has 0 aromatic heterocycles. The molecule has 0 radical (unpaired) electrons. The van der Waals surface area contributed by atoms with Crippen molar-refractivity contribution in [3.63, 3.8) is 0 Å². The number of hydrogen-bond acceptors (Lipinski definition) is 5. The highest BCUT2D eigenvalue weighted by atomic mass is 16.5. The van der Waals surface area contributed by atoms with Gasteiger partial charge in [0, 0.05) is 17.5 Å². The van der Waals surface area contributed by atoms with Crippen molar-refractivity contribution in [2.24, 2.45) is 0 Å². The van der Waals surface area contributed by atoms with Crippen molar-refractivity contribution >= 4 is 5.97 Å². The Morgan fingerprint density at radius 3 is 2.50 bits per heavy atom. The van der Waals surface area contributed by atoms with Crippen molar-refractivity contribution in [2.75, 3.05) is 13.7 Å². The minimum absolute atomic E-state index is 0.0274. The monoisotopic (exact) mass is 486 g/mol. The fraction of sp³-hybridized carbons (Fsp3) is 0.387. The van der Waals surface area contributed by atoms with Crippen molar-refractivity contribution in [3.8, 4) is 28.4 Å². The molecule has 0 bridgehead atoms. The smallest absolute Gasteiger partial charge is 0.306 e. The summed E-state index contributed by atoms with van der Waals surface area (Å²) in [5.41, 5.74) is 7.00. The maximum atomic E-state index is 11.7. The maximum Gasteiger partial charge on any atom is 0.306 e. The van der Waals surface area contributed by atoms with Gasteiger partial charge < -0.3 is 18.9 Å². The van der Waals surface area contributed by atoms with Crippen molar-refractivity contribution in [1.82, 2.24) is 0 Å². The largest absolute Gasteiger partial charge is 0.492 e. The topological polar surface area (TPSA) is 54.0 Å². The van der Waals surface area contributed by atoms with E-state index in [0.717, 1.165) is 41.2 Å². The molecule has 1 saturated carbocycles. The molecule has 5 rings (SSSR count). The molecule has 1 atom stereocenters. The third kappa shape index (κ3) is 5.35. The Kier molecular flexibility index (Phi) is 7.17. The van der Waals surface area contributed by atoms with Crippen LogP contribution in [0.2, 0.25) is 0 Å². The van der Waals surface area contributed by atoms with Gasteiger partial charge in [0.2, 0.25) is 0 Å². The lowest BCUT2D eigenvalue weighted by Gasteiger charge is -2.17. The Hall–Kier alpha value is -3.47. The van der Waals surface area contributed by atoms with Crippen molar-refractivity contribution in [1.29, 1.82) is 0 Å². The van der Waals surface area contributed by atoms with Gasteiger partial charge in [-0.3, -0.25) is 4.79 Å². The molecular formula is C31H34O5. The molecule has 0 amide bonds. The van der Waals surface area contributed by atoms with Crippen molar-refractivity contribution in [3.05, 3.63) is 76.9 Å². The second-order valence-corrected chi connectivity index (χ2v) is 9.93. The number of carbonyl (C=O) groups excluding carboxylic acids is 1. The van der Waals surface area contributed by atoms with E-state index < -0.39 is 0 Å². The summed E-state index contributed by atoms with van der Waals surface area (Å²) in [7, 11) is 1.41. The summed E-state index contributed by atoms with van der Waals surface area (Å²) < 4.78 is 23.0. The predicted molar refractivity (Wildman–Crippen MR) is 140 cm³/mol. The predicted octanol–water partition coefficient (Wildman–Crippen LogP) is 6.91. The molecule has 5 nitrogen and oxygen atoms in total. The standard InChI is InChI=1S/C31H34O5/c1-20-13-27(36-25-9-4-5-10-25)14-21(2)31(20)23-8-6-7-22(15-23)18-34-26-11-12-28-24(16-30(32)33-3)19-35-29(28)17-26/h6-8,11-15,17,24-25H,4-5,9-10,16,18-19H2,1-3H3/t24-/m1/s1. The molecule has 1 aliphatic carbocycles. The summed E-state index contributed by atoms with van der Waals surface area (Å²) in [5, 5.41) is 0. The first kappa shape index (κ1) is 24.2. The Balaban J connectivity index is 1.27. The average molecular weight is 487 g/mol. The van der Waals surface area contributed by atoms with Crippen LogP contribution >= 0.6 is 0 Å². The van der Waals surface area contributed by atoms with E-state index in [0.29, 0.717) is 25.7 Å². The van der Waals surface area contributed by atoms with Crippen LogP contribution in [0.15, 0.2) is 54.6 Å². The van der Waals surface area contributed by atoms with E-state index in [4.69, 9.17) is 18.9 Å². The molecular weight excluding hydrogens is 452 g/mol. The van der Waals surface area contributed by atoms with Crippen LogP contribution in [0.1, 0.15) is 60.3 Å². The molecule has 1 fully saturated rings. The number of methoxy groups -OCH3 is 1. The van der Waals surface area contributed by atoms with Gasteiger partial charge in [-0.05, 0) is 91.6 Å². The number of carbonyl (C=O) groups is 1. The summed E-state index contributed by atoms with van der Waals surface area (Å²) in [5.74, 6) is 2.31. The van der Waals surface area contributed by atoms with Crippen LogP contribution in [0.4, 0.5) is 0 Å². The van der Waals surface area contributed by atoms with Crippen LogP contribution in [0.25, 0.3) is 11.1 Å². The highest BCUT2D eigenvalue weighted by Gasteiger charge is 2.27. The molecule has 3 aromatic carbocycles. The van der Waals surface area contributed by atoms with Crippen molar-refractivity contribution in [2.45, 2.75) is 64.6 Å². The van der Waals surface area contributed by atoms with Crippen molar-refractivity contribution < 1.29 is 23.7 Å². The van der Waals surface area contributed by atoms with E-state index in [-0.39, 0.29) is 11.9 Å². The number of fused-ring (bicyclic) bond motifs is 1. The quantitative estimate of drug-likeness (QED) is 0.324. The lowest BCUT2D eigenvalue weighted by atomic mass is 9.94. The third-order valence-electron chi connectivity index (χ3n) is 7.24. The molecule has 1 heterocycles. The highest BCUT2D eigenvalue weighted by Crippen LogP contribution is 2.39. The number of esters is 1. The molecule has 188 valence electrons. The van der Waals surface area contributed by atoms with Crippen LogP contribution < -0.4 is 14.2 Å². The van der Waals surface area contributed by atoms with Gasteiger partial charge in [-0.25, -0.2) is 0 Å². The van der Waals surface area contributed by atoms with E-state index in [1.165, 1.54) is 42.2 Å². The van der Waals surface area contributed by atoms with Gasteiger partial charge in [0.05, 0.1) is 26.2 Å². The Labute approximate surface area is 213 Å². The zero-order valence-corrected chi connectivity index (χ0v) is 21.3. The summed E-state index contributed by atoms with van der Waals surface area (Å²) in [6.07, 6.45) is 5.54. The maximum absolute atomic E-state index is 11.7. The summed E-state index contributed by atoms with van der Waals surface area (Å²) >= 11 is 0. The first-order valence-corrected chi connectivity index (χ1v) is 12.8. The van der Waals surface area contributed by atoms with Crippen LogP contribution in [-0.2, 0) is 16.1 Å². The minimum Gasteiger partial charge on any atom is -0.492 e. The molecule has 3 aromatic rings. The number of hydrogen-bond donors (Lipinski definition) is 0. The van der Waals surface area contributed by atoms with Gasteiger partial charge in [0.25, 0.3) is 0 Å². The first-order chi connectivity index (χ1) is 17.5. The fourth-order valence-electron chi connectivity index (χ4n) is 5.43. The second-order valence-electron chi connectivity index (χ2n) is 9.93. The molecule has 1 aliphatic heterocycles. The van der Waals surface area contributed by atoms with Gasteiger partial charge in [-0.1, -0.05) is 24.3 Å². The Bertz CT molecular complexity index is 1220. The second kappa shape index (κ2) is 10.7. The number of benzene rings is 3. The van der Waals surface area contributed by atoms with Crippen LogP contribution in [0.3, 0.4) is 0 Å². The molecule has 0 saturated heterocycles. The summed E-state index contributed by atoms with van der Waals surface area (Å²) in [6, 6.07) is 18.7. The molecule has 0 unspecified atom stereocenters. The van der Waals surface area contributed by atoms with E-state index in [1.54, 1.807) is 0 Å². The molecule has 36 heavy (non-hydrogen) atoms. The highest BCUT2D eigenvalue weighted by molar-refractivity contribution is 5.72. The third-order valence-corrected chi connectivity index (χ3v) is 7.24. The van der Waals surface area contributed by atoms with Gasteiger partial charge in [-0.2, -0.15) is 0 Å². The zero-order valence-electron chi connectivity index (χ0n) is 21.3. The van der Waals surface area contributed by atoms with Crippen LogP contribution in [0, 0.1) is 13.8 Å². The summed E-state index contributed by atoms with van der Waals surface area (Å²) in [4.78, 5) is 11.7. The van der Waals surface area contributed by atoms with Crippen LogP contribution in [-0.4, -0.2) is 25.8 Å². The number of rotatable bonds is 8.